The number of hydrogen-bond donors (Lipinski definition) is 4. The van der Waals surface area contributed by atoms with Crippen LogP contribution >= 0.6 is 20.7 Å². The van der Waals surface area contributed by atoms with Crippen LogP contribution in [0.5, 0.6) is 0 Å². The van der Waals surface area contributed by atoms with Crippen molar-refractivity contribution in [3.63, 3.8) is 0 Å². The van der Waals surface area contributed by atoms with Crippen molar-refractivity contribution >= 4 is 63.8 Å². The largest absolute Gasteiger partial charge is 0.353 e. The minimum absolute atomic E-state index is 0.126. The van der Waals surface area contributed by atoms with Gasteiger partial charge < -0.3 is 25.4 Å². The van der Waals surface area contributed by atoms with Crippen LogP contribution in [-0.2, 0) is 4.79 Å². The number of nitrogens with zero attached hydrogens (tertiary/aromatic N) is 4. The molecule has 0 bridgehead atoms. The number of hydrogen-bond acceptors (Lipinski definition) is 6. The Bertz CT molecular complexity index is 1680. The number of aromatic amines is 2. The van der Waals surface area contributed by atoms with E-state index in [9.17, 15) is 4.79 Å². The third-order valence-corrected chi connectivity index (χ3v) is 10.4. The lowest BCUT2D eigenvalue weighted by Gasteiger charge is -2.33. The van der Waals surface area contributed by atoms with Crippen LogP contribution in [0.15, 0.2) is 52.4 Å². The molecule has 4 aromatic rings. The van der Waals surface area contributed by atoms with E-state index in [0.29, 0.717) is 12.3 Å². The summed E-state index contributed by atoms with van der Waals surface area (Å²) in [6, 6.07) is 10.7. The Morgan fingerprint density at radius 3 is 2.78 bits per heavy atom. The molecule has 1 aromatic carbocycles. The van der Waals surface area contributed by atoms with Gasteiger partial charge in [-0.05, 0) is 88.5 Å². The molecular formula is C31H35IN8O. The number of amides is 1. The molecule has 0 atom stereocenters. The van der Waals surface area contributed by atoms with E-state index < -0.39 is 0 Å². The summed E-state index contributed by atoms with van der Waals surface area (Å²) in [5.74, 6) is 1.64. The van der Waals surface area contributed by atoms with Gasteiger partial charge in [-0.15, -0.1) is 0 Å². The third kappa shape index (κ3) is 5.60. The van der Waals surface area contributed by atoms with Gasteiger partial charge in [0, 0.05) is 55.3 Å². The van der Waals surface area contributed by atoms with Crippen LogP contribution in [0, 0.1) is 5.92 Å². The molecule has 6 heterocycles. The van der Waals surface area contributed by atoms with Crippen molar-refractivity contribution in [2.24, 2.45) is 5.92 Å². The van der Waals surface area contributed by atoms with Gasteiger partial charge in [0.2, 0.25) is 5.91 Å². The summed E-state index contributed by atoms with van der Waals surface area (Å²) in [7, 11) is 2.17. The molecule has 9 nitrogen and oxygen atoms in total. The van der Waals surface area contributed by atoms with Crippen LogP contribution in [0.25, 0.3) is 38.8 Å². The fourth-order valence-corrected chi connectivity index (χ4v) is 7.83. The van der Waals surface area contributed by atoms with E-state index in [4.69, 9.17) is 10.1 Å². The van der Waals surface area contributed by atoms with Crippen molar-refractivity contribution in [3.8, 4) is 11.4 Å². The molecule has 212 valence electrons. The first kappa shape index (κ1) is 26.5. The maximum absolute atomic E-state index is 12.8. The molecule has 4 N–H and O–H groups in total. The first-order valence-corrected chi connectivity index (χ1v) is 16.9. The number of likely N-dealkylation sites (N-methyl/N-ethyl adjacent to an activating group) is 1. The van der Waals surface area contributed by atoms with Gasteiger partial charge in [-0.1, -0.05) is 26.8 Å². The van der Waals surface area contributed by atoms with Crippen molar-refractivity contribution in [3.05, 3.63) is 57.9 Å². The van der Waals surface area contributed by atoms with Crippen LogP contribution in [0.2, 0.25) is 0 Å². The summed E-state index contributed by atoms with van der Waals surface area (Å²) < 4.78 is 4.51. The van der Waals surface area contributed by atoms with Crippen molar-refractivity contribution in [1.82, 2.24) is 35.7 Å². The molecule has 0 aliphatic carbocycles. The molecule has 2 fully saturated rings. The molecular weight excluding hydrogens is 627 g/mol. The van der Waals surface area contributed by atoms with Gasteiger partial charge in [0.25, 0.3) is 0 Å². The van der Waals surface area contributed by atoms with Gasteiger partial charge >= 0.3 is 0 Å². The highest BCUT2D eigenvalue weighted by Gasteiger charge is 2.21. The summed E-state index contributed by atoms with van der Waals surface area (Å²) in [5.41, 5.74) is 7.17. The van der Waals surface area contributed by atoms with E-state index in [1.165, 1.54) is 0 Å². The quantitative estimate of drug-likeness (QED) is 0.229. The Morgan fingerprint density at radius 2 is 1.93 bits per heavy atom. The molecule has 41 heavy (non-hydrogen) atoms. The van der Waals surface area contributed by atoms with Crippen molar-refractivity contribution in [2.45, 2.75) is 19.3 Å². The molecule has 1 amide bonds. The first-order chi connectivity index (χ1) is 20.1. The van der Waals surface area contributed by atoms with Gasteiger partial charge in [0.1, 0.15) is 11.5 Å². The normalized spacial score (nSPS) is 18.8. The number of piperazine rings is 1. The van der Waals surface area contributed by atoms with Gasteiger partial charge in [-0.2, -0.15) is 5.10 Å². The van der Waals surface area contributed by atoms with E-state index in [1.54, 1.807) is 0 Å². The average Bonchev–Trinajstić information content (AvgIpc) is 3.62. The van der Waals surface area contributed by atoms with E-state index in [0.717, 1.165) is 108 Å². The first-order valence-electron chi connectivity index (χ1n) is 14.4. The Kier molecular flexibility index (Phi) is 7.44. The lowest BCUT2D eigenvalue weighted by atomic mass is 9.94. The van der Waals surface area contributed by atoms with Crippen molar-refractivity contribution in [2.75, 3.05) is 51.2 Å². The van der Waals surface area contributed by atoms with Gasteiger partial charge in [0.05, 0.1) is 16.7 Å². The summed E-state index contributed by atoms with van der Waals surface area (Å²) in [5, 5.41) is 16.7. The van der Waals surface area contributed by atoms with Crippen LogP contribution < -0.4 is 15.5 Å². The fourth-order valence-electron chi connectivity index (χ4n) is 6.00. The second-order valence-corrected chi connectivity index (χ2v) is 13.2. The van der Waals surface area contributed by atoms with Crippen LogP contribution in [0.3, 0.4) is 0 Å². The molecule has 3 aromatic heterocycles. The number of carbonyl (C=O) groups is 1. The second-order valence-electron chi connectivity index (χ2n) is 11.2. The molecule has 3 aliphatic rings. The maximum Gasteiger partial charge on any atom is 0.224 e. The van der Waals surface area contributed by atoms with E-state index in [1.807, 2.05) is 12.3 Å². The highest BCUT2D eigenvalue weighted by atomic mass is 127. The molecule has 2 saturated heterocycles. The molecule has 0 unspecified atom stereocenters. The van der Waals surface area contributed by atoms with Gasteiger partial charge in [-0.3, -0.25) is 9.89 Å². The number of carbonyl (C=O) groups excluding carboxylic acids is 1. The number of fused-ring (bicyclic) bond motifs is 2. The van der Waals surface area contributed by atoms with Crippen LogP contribution in [0.4, 0.5) is 5.82 Å². The summed E-state index contributed by atoms with van der Waals surface area (Å²) in [4.78, 5) is 25.9. The summed E-state index contributed by atoms with van der Waals surface area (Å²) in [6.45, 7) is 6.04. The monoisotopic (exact) mass is 662 g/mol. The zero-order valence-corrected chi connectivity index (χ0v) is 25.4. The minimum Gasteiger partial charge on any atom is -0.353 e. The summed E-state index contributed by atoms with van der Waals surface area (Å²) in [6.07, 6.45) is 6.75. The Labute approximate surface area is 249 Å². The number of H-pyrrole nitrogens is 2. The zero-order chi connectivity index (χ0) is 27.8. The number of anilines is 1. The SMILES string of the molecule is CN1CCN(c2nccc3[nH]c(-c4n[nH]c5ccc(C6=CI=CC(NC(=O)CC7CCNCC7)=C6)cc45)cc23)CC1. The number of nitrogens with one attached hydrogen (secondary N) is 4. The predicted octanol–water partition coefficient (Wildman–Crippen LogP) is 4.38. The average molecular weight is 663 g/mol. The Balaban J connectivity index is 1.15. The molecule has 0 radical (unpaired) electrons. The zero-order valence-electron chi connectivity index (χ0n) is 23.2. The topological polar surface area (TPSA) is 105 Å². The van der Waals surface area contributed by atoms with Gasteiger partial charge in [0.15, 0.2) is 0 Å². The van der Waals surface area contributed by atoms with E-state index in [-0.39, 0.29) is 26.6 Å². The minimum atomic E-state index is -0.281. The molecule has 0 spiro atoms. The van der Waals surface area contributed by atoms with Crippen molar-refractivity contribution < 1.29 is 4.79 Å². The lowest BCUT2D eigenvalue weighted by molar-refractivity contribution is -0.121. The number of rotatable bonds is 6. The number of benzene rings is 1. The maximum atomic E-state index is 12.8. The molecule has 10 heteroatoms. The number of piperidine rings is 1. The molecule has 0 saturated carbocycles. The highest BCUT2D eigenvalue weighted by Crippen LogP contribution is 2.34. The molecule has 3 aliphatic heterocycles. The summed E-state index contributed by atoms with van der Waals surface area (Å²) >= 11 is -0.281. The Morgan fingerprint density at radius 1 is 1.07 bits per heavy atom. The smallest absolute Gasteiger partial charge is 0.224 e. The lowest BCUT2D eigenvalue weighted by Crippen LogP contribution is -2.44. The second kappa shape index (κ2) is 11.5. The number of pyridine rings is 1. The standard InChI is InChI=1S/C31H35IN8O/c1-39-10-12-40(13-11-39)31-25-17-28(36-26(25)6-9-34-31)30-24-16-21(2-3-27(24)37-38-30)22-15-23(19-32-18-22)35-29(41)14-20-4-7-33-8-5-20/h2-3,6,9,15-20,33,36H,4-5,7-8,10-14H2,1H3,(H,35,41)(H,37,38). The molecule has 7 rings (SSSR count). The number of halogens is 1. The number of aromatic nitrogens is 4. The van der Waals surface area contributed by atoms with Gasteiger partial charge in [-0.25, -0.2) is 4.98 Å². The number of allylic oxidation sites excluding steroid dienone is 3. The third-order valence-electron chi connectivity index (χ3n) is 8.37. The highest BCUT2D eigenvalue weighted by molar-refractivity contribution is 14.2. The fraction of sp³-hybridized carbons (Fsp3) is 0.355. The van der Waals surface area contributed by atoms with E-state index >= 15 is 0 Å². The van der Waals surface area contributed by atoms with Crippen molar-refractivity contribution in [1.29, 1.82) is 0 Å². The Hall–Kier alpha value is -3.35. The predicted molar refractivity (Wildman–Crippen MR) is 175 cm³/mol. The van der Waals surface area contributed by atoms with Crippen LogP contribution in [0.1, 0.15) is 24.8 Å². The van der Waals surface area contributed by atoms with E-state index in [2.05, 4.69) is 76.0 Å². The van der Waals surface area contributed by atoms with Crippen LogP contribution in [-0.4, -0.2) is 81.3 Å².